The summed E-state index contributed by atoms with van der Waals surface area (Å²) < 4.78 is 13.8. The molecule has 1 saturated heterocycles. The second-order valence-electron chi connectivity index (χ2n) is 11.4. The molecule has 10 nitrogen and oxygen atoms in total. The molecule has 4 atom stereocenters. The first-order valence-electron chi connectivity index (χ1n) is 12.2. The van der Waals surface area contributed by atoms with Gasteiger partial charge >= 0.3 is 24.2 Å². The molecule has 36 heavy (non-hydrogen) atoms. The van der Waals surface area contributed by atoms with E-state index >= 15 is 0 Å². The molecule has 1 aliphatic carbocycles. The highest BCUT2D eigenvalue weighted by atomic mass is 16.8. The molecule has 2 fully saturated rings. The lowest BCUT2D eigenvalue weighted by Crippen LogP contribution is -2.38. The summed E-state index contributed by atoms with van der Waals surface area (Å²) in [5.41, 5.74) is -1.39. The van der Waals surface area contributed by atoms with Crippen LogP contribution in [-0.4, -0.2) is 58.8 Å². The van der Waals surface area contributed by atoms with Crippen molar-refractivity contribution < 1.29 is 43.6 Å². The first-order chi connectivity index (χ1) is 15.9. The van der Waals surface area contributed by atoms with Gasteiger partial charge in [-0.15, -0.1) is 0 Å². The number of carboxylic acids is 2. The fourth-order valence-corrected chi connectivity index (χ4v) is 3.61. The highest BCUT2D eigenvalue weighted by molar-refractivity contribution is 5.77. The van der Waals surface area contributed by atoms with E-state index in [1.165, 1.54) is 6.42 Å². The van der Waals surface area contributed by atoms with Gasteiger partial charge in [0.15, 0.2) is 0 Å². The lowest BCUT2D eigenvalue weighted by Gasteiger charge is -2.24. The molecule has 0 spiro atoms. The van der Waals surface area contributed by atoms with E-state index < -0.39 is 35.5 Å². The second-order valence-corrected chi connectivity index (χ2v) is 11.4. The molecule has 0 aromatic carbocycles. The minimum Gasteiger partial charge on any atom is -0.481 e. The molecule has 0 aromatic heterocycles. The summed E-state index contributed by atoms with van der Waals surface area (Å²) in [7, 11) is 0. The van der Waals surface area contributed by atoms with E-state index in [9.17, 15) is 19.2 Å². The second kappa shape index (κ2) is 16.4. The van der Waals surface area contributed by atoms with Crippen LogP contribution in [0, 0.1) is 23.7 Å². The number of ether oxygens (including phenoxy) is 3. The number of nitrogens with one attached hydrogen (secondary N) is 1. The summed E-state index contributed by atoms with van der Waals surface area (Å²) in [6.07, 6.45) is 2.78. The summed E-state index contributed by atoms with van der Waals surface area (Å²) in [5.74, 6) is -0.359. The molecular weight excluding hydrogens is 470 g/mol. The highest BCUT2D eigenvalue weighted by Gasteiger charge is 2.25. The van der Waals surface area contributed by atoms with Crippen molar-refractivity contribution in [2.75, 3.05) is 13.1 Å². The standard InChI is InChI=1S/C10H18O5.C8H14O2.C7H13NO2.CH4/c1-9(2,3)14-7(11)13-8(12)15-10(4,5)6;1-6-3-2-4-7(5-6)8(9)10;1-5-2-6(7(9)10)4-8-3-5;/h1-6H3;6-7H,2-5H2,1H3,(H,9,10);5-6,8H,2-4H2,1H3,(H,9,10);1H4. The fourth-order valence-electron chi connectivity index (χ4n) is 3.61. The van der Waals surface area contributed by atoms with E-state index in [2.05, 4.69) is 23.9 Å². The van der Waals surface area contributed by atoms with Gasteiger partial charge in [0.25, 0.3) is 0 Å². The number of aliphatic carboxylic acids is 2. The summed E-state index contributed by atoms with van der Waals surface area (Å²) in [4.78, 5) is 43.0. The van der Waals surface area contributed by atoms with E-state index in [0.717, 1.165) is 32.2 Å². The molecule has 10 heteroatoms. The van der Waals surface area contributed by atoms with Gasteiger partial charge in [-0.1, -0.05) is 34.1 Å². The van der Waals surface area contributed by atoms with Crippen LogP contribution in [0.15, 0.2) is 0 Å². The highest BCUT2D eigenvalue weighted by Crippen LogP contribution is 2.28. The smallest absolute Gasteiger partial charge is 0.481 e. The summed E-state index contributed by atoms with van der Waals surface area (Å²) in [5, 5.41) is 20.4. The lowest BCUT2D eigenvalue weighted by molar-refractivity contribution is -0.144. The van der Waals surface area contributed by atoms with Crippen molar-refractivity contribution in [3.63, 3.8) is 0 Å². The van der Waals surface area contributed by atoms with Crippen LogP contribution in [0.3, 0.4) is 0 Å². The van der Waals surface area contributed by atoms with E-state index in [1.807, 2.05) is 0 Å². The van der Waals surface area contributed by atoms with Crippen molar-refractivity contribution in [3.05, 3.63) is 0 Å². The van der Waals surface area contributed by atoms with E-state index in [-0.39, 0.29) is 19.3 Å². The van der Waals surface area contributed by atoms with E-state index in [0.29, 0.717) is 18.4 Å². The van der Waals surface area contributed by atoms with Gasteiger partial charge in [0.1, 0.15) is 11.2 Å². The number of hydrogen-bond donors (Lipinski definition) is 3. The first kappa shape index (κ1) is 35.8. The Kier molecular flexibility index (Phi) is 16.3. The fraction of sp³-hybridized carbons (Fsp3) is 0.846. The molecule has 1 heterocycles. The molecule has 4 unspecified atom stereocenters. The monoisotopic (exact) mass is 519 g/mol. The molecular formula is C26H49NO9. The van der Waals surface area contributed by atoms with Crippen molar-refractivity contribution >= 4 is 24.2 Å². The van der Waals surface area contributed by atoms with Gasteiger partial charge in [-0.2, -0.15) is 0 Å². The third-order valence-corrected chi connectivity index (χ3v) is 5.15. The Bertz CT molecular complexity index is 637. The molecule has 3 N–H and O–H groups in total. The molecule has 1 saturated carbocycles. The van der Waals surface area contributed by atoms with Gasteiger partial charge in [0.2, 0.25) is 0 Å². The zero-order chi connectivity index (χ0) is 27.4. The minimum atomic E-state index is -1.06. The Morgan fingerprint density at radius 3 is 1.47 bits per heavy atom. The van der Waals surface area contributed by atoms with Crippen molar-refractivity contribution in [2.24, 2.45) is 23.7 Å². The Morgan fingerprint density at radius 1 is 0.722 bits per heavy atom. The number of rotatable bonds is 2. The molecule has 0 aromatic rings. The van der Waals surface area contributed by atoms with Crippen molar-refractivity contribution in [3.8, 4) is 0 Å². The number of carboxylic acid groups (broad SMARTS) is 2. The van der Waals surface area contributed by atoms with E-state index in [1.54, 1.807) is 41.5 Å². The van der Waals surface area contributed by atoms with Gasteiger partial charge in [0.05, 0.1) is 11.8 Å². The Morgan fingerprint density at radius 2 is 1.17 bits per heavy atom. The molecule has 2 aliphatic rings. The number of carbonyl (C=O) groups is 4. The number of carbonyl (C=O) groups excluding carboxylic acids is 2. The average Bonchev–Trinajstić information content (AvgIpc) is 2.65. The van der Waals surface area contributed by atoms with Crippen LogP contribution in [0.25, 0.3) is 0 Å². The zero-order valence-corrected chi connectivity index (χ0v) is 22.5. The largest absolute Gasteiger partial charge is 0.519 e. The maximum absolute atomic E-state index is 11.0. The van der Waals surface area contributed by atoms with Gasteiger partial charge in [-0.3, -0.25) is 9.59 Å². The van der Waals surface area contributed by atoms with Gasteiger partial charge in [0, 0.05) is 6.54 Å². The molecule has 1 aliphatic heterocycles. The van der Waals surface area contributed by atoms with Crippen LogP contribution < -0.4 is 5.32 Å². The average molecular weight is 520 g/mol. The molecule has 212 valence electrons. The van der Waals surface area contributed by atoms with Crippen LogP contribution in [0.1, 0.15) is 94.9 Å². The topological polar surface area (TPSA) is 148 Å². The number of hydrogen-bond acceptors (Lipinski definition) is 8. The zero-order valence-electron chi connectivity index (χ0n) is 22.5. The lowest BCUT2D eigenvalue weighted by atomic mass is 9.83. The van der Waals surface area contributed by atoms with Crippen molar-refractivity contribution in [1.82, 2.24) is 5.32 Å². The minimum absolute atomic E-state index is 0. The van der Waals surface area contributed by atoms with Gasteiger partial charge < -0.3 is 29.7 Å². The first-order valence-corrected chi connectivity index (χ1v) is 12.2. The normalized spacial score (nSPS) is 23.7. The molecule has 2 rings (SSSR count). The Labute approximate surface area is 216 Å². The van der Waals surface area contributed by atoms with Crippen LogP contribution in [0.4, 0.5) is 9.59 Å². The van der Waals surface area contributed by atoms with Gasteiger partial charge in [-0.05, 0) is 79.2 Å². The van der Waals surface area contributed by atoms with Crippen LogP contribution in [0.2, 0.25) is 0 Å². The molecule has 0 amide bonds. The predicted molar refractivity (Wildman–Crippen MR) is 137 cm³/mol. The quantitative estimate of drug-likeness (QED) is 0.305. The summed E-state index contributed by atoms with van der Waals surface area (Å²) >= 11 is 0. The molecule has 0 radical (unpaired) electrons. The predicted octanol–water partition coefficient (Wildman–Crippen LogP) is 5.72. The van der Waals surface area contributed by atoms with Gasteiger partial charge in [-0.25, -0.2) is 9.59 Å². The maximum Gasteiger partial charge on any atom is 0.519 e. The third-order valence-electron chi connectivity index (χ3n) is 5.15. The summed E-state index contributed by atoms with van der Waals surface area (Å²) in [6, 6.07) is 0. The summed E-state index contributed by atoms with van der Waals surface area (Å²) in [6.45, 7) is 15.8. The van der Waals surface area contributed by atoms with Crippen LogP contribution in [0.5, 0.6) is 0 Å². The van der Waals surface area contributed by atoms with Crippen LogP contribution in [-0.2, 0) is 23.8 Å². The maximum atomic E-state index is 11.0. The third kappa shape index (κ3) is 18.9. The van der Waals surface area contributed by atoms with Crippen molar-refractivity contribution in [2.45, 2.75) is 106 Å². The Hall–Kier alpha value is -2.36. The SMILES string of the molecule is C.CC(C)(C)OC(=O)OC(=O)OC(C)(C)C.CC1CCCC(C(=O)O)C1.CC1CNCC(C(=O)O)C1. The van der Waals surface area contributed by atoms with Crippen LogP contribution >= 0.6 is 0 Å². The number of piperidine rings is 1. The Balaban J connectivity index is 0. The van der Waals surface area contributed by atoms with E-state index in [4.69, 9.17) is 19.7 Å². The van der Waals surface area contributed by atoms with Crippen molar-refractivity contribution in [1.29, 1.82) is 0 Å². The molecule has 0 bridgehead atoms.